The van der Waals surface area contributed by atoms with Gasteiger partial charge in [-0.1, -0.05) is 28.1 Å². The average Bonchev–Trinajstić information content (AvgIpc) is 3.14. The van der Waals surface area contributed by atoms with E-state index >= 15 is 0 Å². The maximum atomic E-state index is 12.3. The molecule has 1 N–H and O–H groups in total. The molecule has 30 heavy (non-hydrogen) atoms. The van der Waals surface area contributed by atoms with Crippen molar-refractivity contribution < 1.29 is 14.6 Å². The van der Waals surface area contributed by atoms with Crippen molar-refractivity contribution in [2.45, 2.75) is 6.54 Å². The van der Waals surface area contributed by atoms with Crippen LogP contribution in [0.15, 0.2) is 64.3 Å². The number of nitrogens with zero attached hydrogens (tertiary/aromatic N) is 5. The Balaban J connectivity index is 1.72. The van der Waals surface area contributed by atoms with Gasteiger partial charge < -0.3 is 0 Å². The van der Waals surface area contributed by atoms with Crippen LogP contribution in [0.4, 0.5) is 11.4 Å². The Morgan fingerprint density at radius 1 is 1.10 bits per heavy atom. The molecule has 0 bridgehead atoms. The molecule has 3 aromatic rings. The summed E-state index contributed by atoms with van der Waals surface area (Å²) >= 11 is 3.33. The second-order valence-corrected chi connectivity index (χ2v) is 6.91. The van der Waals surface area contributed by atoms with E-state index in [2.05, 4.69) is 31.6 Å². The van der Waals surface area contributed by atoms with Crippen LogP contribution in [-0.4, -0.2) is 31.7 Å². The lowest BCUT2D eigenvalue weighted by Gasteiger charge is -2.01. The Bertz CT molecular complexity index is 1120. The predicted molar refractivity (Wildman–Crippen MR) is 110 cm³/mol. The van der Waals surface area contributed by atoms with Crippen LogP contribution < -0.4 is 5.43 Å². The predicted octanol–water partition coefficient (Wildman–Crippen LogP) is 3.27. The first kappa shape index (κ1) is 20.8. The molecule has 0 atom stereocenters. The lowest BCUT2D eigenvalue weighted by molar-refractivity contribution is -0.385. The standard InChI is InChI=1S/C18H13BrN6O5/c19-14-5-1-13(2-6-14)10-23-11-16(25(29)30)17(22-23)18(26)21-20-9-12-3-7-15(8-4-12)24(27)28/h1-9,11H,10H2,(H,21,26)/b20-9+. The highest BCUT2D eigenvalue weighted by Gasteiger charge is 2.25. The largest absolute Gasteiger partial charge is 0.320 e. The number of hydrogen-bond donors (Lipinski definition) is 1. The molecule has 12 heteroatoms. The fourth-order valence-corrected chi connectivity index (χ4v) is 2.73. The summed E-state index contributed by atoms with van der Waals surface area (Å²) in [7, 11) is 0. The van der Waals surface area contributed by atoms with E-state index in [1.165, 1.54) is 41.4 Å². The number of nitro groups is 2. The number of aromatic nitrogens is 2. The van der Waals surface area contributed by atoms with Crippen LogP contribution in [0.5, 0.6) is 0 Å². The van der Waals surface area contributed by atoms with E-state index in [0.717, 1.165) is 10.0 Å². The zero-order valence-corrected chi connectivity index (χ0v) is 16.7. The molecule has 11 nitrogen and oxygen atoms in total. The summed E-state index contributed by atoms with van der Waals surface area (Å²) in [6, 6.07) is 12.8. The Morgan fingerprint density at radius 2 is 1.77 bits per heavy atom. The van der Waals surface area contributed by atoms with Gasteiger partial charge in [-0.15, -0.1) is 0 Å². The second kappa shape index (κ2) is 9.05. The minimum absolute atomic E-state index is 0.0804. The Morgan fingerprint density at radius 3 is 2.37 bits per heavy atom. The number of amides is 1. The number of benzene rings is 2. The van der Waals surface area contributed by atoms with Crippen LogP contribution in [0.1, 0.15) is 21.6 Å². The van der Waals surface area contributed by atoms with E-state index in [-0.39, 0.29) is 17.9 Å². The summed E-state index contributed by atoms with van der Waals surface area (Å²) in [6.45, 7) is 0.244. The minimum atomic E-state index is -0.852. The van der Waals surface area contributed by atoms with E-state index in [1.54, 1.807) is 0 Å². The molecule has 0 aliphatic heterocycles. The fourth-order valence-electron chi connectivity index (χ4n) is 2.46. The molecule has 0 fully saturated rings. The van der Waals surface area contributed by atoms with Crippen molar-refractivity contribution in [2.75, 3.05) is 0 Å². The highest BCUT2D eigenvalue weighted by Crippen LogP contribution is 2.18. The Kier molecular flexibility index (Phi) is 6.27. The molecule has 2 aromatic carbocycles. The molecular weight excluding hydrogens is 460 g/mol. The van der Waals surface area contributed by atoms with Gasteiger partial charge in [0.1, 0.15) is 6.20 Å². The Labute approximate surface area is 177 Å². The van der Waals surface area contributed by atoms with Gasteiger partial charge in [0.25, 0.3) is 11.6 Å². The summed E-state index contributed by atoms with van der Waals surface area (Å²) in [5.41, 5.74) is 2.61. The van der Waals surface area contributed by atoms with Gasteiger partial charge in [-0.2, -0.15) is 10.2 Å². The molecule has 0 spiro atoms. The molecule has 0 saturated heterocycles. The highest BCUT2D eigenvalue weighted by molar-refractivity contribution is 9.10. The van der Waals surface area contributed by atoms with Crippen molar-refractivity contribution >= 4 is 39.4 Å². The van der Waals surface area contributed by atoms with Crippen molar-refractivity contribution in [3.8, 4) is 0 Å². The fraction of sp³-hybridized carbons (Fsp3) is 0.0556. The van der Waals surface area contributed by atoms with Crippen molar-refractivity contribution in [1.29, 1.82) is 0 Å². The van der Waals surface area contributed by atoms with Gasteiger partial charge in [-0.05, 0) is 35.4 Å². The first-order valence-electron chi connectivity index (χ1n) is 8.37. The van der Waals surface area contributed by atoms with Crippen LogP contribution >= 0.6 is 15.9 Å². The van der Waals surface area contributed by atoms with Gasteiger partial charge in [0, 0.05) is 16.6 Å². The SMILES string of the molecule is O=C(N/N=C/c1ccc([N+](=O)[O-])cc1)c1nn(Cc2ccc(Br)cc2)cc1[N+](=O)[O-]. The van der Waals surface area contributed by atoms with Crippen LogP contribution in [0.25, 0.3) is 0 Å². The lowest BCUT2D eigenvalue weighted by atomic mass is 10.2. The number of nitrogens with one attached hydrogen (secondary N) is 1. The van der Waals surface area contributed by atoms with Gasteiger partial charge in [0.05, 0.1) is 22.6 Å². The van der Waals surface area contributed by atoms with Crippen LogP contribution in [0.2, 0.25) is 0 Å². The zero-order valence-electron chi connectivity index (χ0n) is 15.1. The number of halogens is 1. The van der Waals surface area contributed by atoms with Crippen LogP contribution in [0, 0.1) is 20.2 Å². The van der Waals surface area contributed by atoms with Gasteiger partial charge in [-0.3, -0.25) is 29.7 Å². The maximum absolute atomic E-state index is 12.3. The lowest BCUT2D eigenvalue weighted by Crippen LogP contribution is -2.19. The van der Waals surface area contributed by atoms with Gasteiger partial charge in [-0.25, -0.2) is 5.43 Å². The maximum Gasteiger partial charge on any atom is 0.320 e. The number of rotatable bonds is 7. The summed E-state index contributed by atoms with van der Waals surface area (Å²) in [6.07, 6.45) is 2.43. The van der Waals surface area contributed by atoms with Gasteiger partial charge in [0.15, 0.2) is 0 Å². The molecule has 152 valence electrons. The number of hydrazone groups is 1. The molecule has 1 aromatic heterocycles. The topological polar surface area (TPSA) is 146 Å². The number of carbonyl (C=O) groups excluding carboxylic acids is 1. The van der Waals surface area contributed by atoms with E-state index in [0.29, 0.717) is 5.56 Å². The minimum Gasteiger partial charge on any atom is -0.265 e. The summed E-state index contributed by atoms with van der Waals surface area (Å²) in [5, 5.41) is 29.7. The first-order chi connectivity index (χ1) is 14.3. The molecule has 1 heterocycles. The van der Waals surface area contributed by atoms with Crippen LogP contribution in [-0.2, 0) is 6.54 Å². The average molecular weight is 473 g/mol. The van der Waals surface area contributed by atoms with Crippen LogP contribution in [0.3, 0.4) is 0 Å². The summed E-state index contributed by atoms with van der Waals surface area (Å²) < 4.78 is 2.19. The van der Waals surface area contributed by atoms with Crippen molar-refractivity contribution in [3.63, 3.8) is 0 Å². The third-order valence-corrected chi connectivity index (χ3v) is 4.42. The molecule has 0 saturated carbocycles. The third-order valence-electron chi connectivity index (χ3n) is 3.90. The van der Waals surface area contributed by atoms with E-state index in [9.17, 15) is 25.0 Å². The molecule has 0 aliphatic rings. The third kappa shape index (κ3) is 5.11. The van der Waals surface area contributed by atoms with Gasteiger partial charge >= 0.3 is 5.69 Å². The monoisotopic (exact) mass is 472 g/mol. The number of hydrogen-bond acceptors (Lipinski definition) is 7. The van der Waals surface area contributed by atoms with E-state index < -0.39 is 21.4 Å². The number of carbonyl (C=O) groups is 1. The number of non-ortho nitro benzene ring substituents is 1. The molecule has 1 amide bonds. The van der Waals surface area contributed by atoms with Gasteiger partial charge in [0.2, 0.25) is 5.69 Å². The molecule has 0 radical (unpaired) electrons. The van der Waals surface area contributed by atoms with Crippen molar-refractivity contribution in [3.05, 3.63) is 96.2 Å². The number of nitro benzene ring substituents is 1. The molecule has 0 aliphatic carbocycles. The van der Waals surface area contributed by atoms with Crippen molar-refractivity contribution in [1.82, 2.24) is 15.2 Å². The first-order valence-corrected chi connectivity index (χ1v) is 9.17. The highest BCUT2D eigenvalue weighted by atomic mass is 79.9. The quantitative estimate of drug-likeness (QED) is 0.317. The molecule has 3 rings (SSSR count). The van der Waals surface area contributed by atoms with Crippen molar-refractivity contribution in [2.24, 2.45) is 5.10 Å². The zero-order chi connectivity index (χ0) is 21.7. The normalized spacial score (nSPS) is 10.8. The molecule has 0 unspecified atom stereocenters. The summed E-state index contributed by atoms with van der Waals surface area (Å²) in [5.74, 6) is -0.852. The summed E-state index contributed by atoms with van der Waals surface area (Å²) in [4.78, 5) is 33.0. The van der Waals surface area contributed by atoms with E-state index in [4.69, 9.17) is 0 Å². The molecular formula is C18H13BrN6O5. The second-order valence-electron chi connectivity index (χ2n) is 5.99. The van der Waals surface area contributed by atoms with E-state index in [1.807, 2.05) is 24.3 Å². The smallest absolute Gasteiger partial charge is 0.265 e. The Hall–Kier alpha value is -3.93.